The van der Waals surface area contributed by atoms with Crippen LogP contribution in [0.25, 0.3) is 5.65 Å². The van der Waals surface area contributed by atoms with Crippen LogP contribution < -0.4 is 5.32 Å². The zero-order valence-corrected chi connectivity index (χ0v) is 9.63. The first kappa shape index (κ1) is 12.0. The van der Waals surface area contributed by atoms with Crippen LogP contribution >= 0.6 is 12.4 Å². The average Bonchev–Trinajstić information content (AvgIpc) is 2.63. The summed E-state index contributed by atoms with van der Waals surface area (Å²) < 4.78 is 2.11. The highest BCUT2D eigenvalue weighted by molar-refractivity contribution is 5.85. The van der Waals surface area contributed by atoms with Gasteiger partial charge in [-0.15, -0.1) is 12.4 Å². The zero-order valence-electron chi connectivity index (χ0n) is 8.81. The summed E-state index contributed by atoms with van der Waals surface area (Å²) in [7, 11) is 0. The van der Waals surface area contributed by atoms with Gasteiger partial charge in [-0.2, -0.15) is 0 Å². The monoisotopic (exact) mass is 225 g/mol. The van der Waals surface area contributed by atoms with Crippen molar-refractivity contribution in [2.75, 3.05) is 6.54 Å². The van der Waals surface area contributed by atoms with Crippen LogP contribution in [0.5, 0.6) is 0 Å². The predicted molar refractivity (Wildman–Crippen MR) is 64.4 cm³/mol. The first-order valence-electron chi connectivity index (χ1n) is 5.03. The lowest BCUT2D eigenvalue weighted by Crippen LogP contribution is -2.14. The minimum Gasteiger partial charge on any atom is -0.311 e. The van der Waals surface area contributed by atoms with Gasteiger partial charge in [0.25, 0.3) is 0 Å². The average molecular weight is 226 g/mol. The number of nitrogens with one attached hydrogen (secondary N) is 1. The lowest BCUT2D eigenvalue weighted by atomic mass is 10.4. The van der Waals surface area contributed by atoms with Gasteiger partial charge < -0.3 is 9.72 Å². The second kappa shape index (κ2) is 5.73. The third-order valence-corrected chi connectivity index (χ3v) is 2.23. The van der Waals surface area contributed by atoms with E-state index in [9.17, 15) is 0 Å². The summed E-state index contributed by atoms with van der Waals surface area (Å²) in [5, 5.41) is 3.37. The number of fused-ring (bicyclic) bond motifs is 1. The first-order chi connectivity index (χ1) is 6.92. The molecular formula is C11H16ClN3. The summed E-state index contributed by atoms with van der Waals surface area (Å²) in [6, 6.07) is 6.05. The molecule has 1 N–H and O–H groups in total. The van der Waals surface area contributed by atoms with Crippen molar-refractivity contribution >= 4 is 18.1 Å². The number of hydrogen-bond acceptors (Lipinski definition) is 2. The van der Waals surface area contributed by atoms with E-state index < -0.39 is 0 Å². The highest BCUT2D eigenvalue weighted by atomic mass is 35.5. The van der Waals surface area contributed by atoms with Gasteiger partial charge >= 0.3 is 0 Å². The summed E-state index contributed by atoms with van der Waals surface area (Å²) >= 11 is 0. The Bertz CT molecular complexity index is 411. The topological polar surface area (TPSA) is 29.3 Å². The number of nitrogens with zero attached hydrogens (tertiary/aromatic N) is 2. The second-order valence-corrected chi connectivity index (χ2v) is 3.36. The van der Waals surface area contributed by atoms with Crippen LogP contribution in [-0.2, 0) is 6.54 Å². The van der Waals surface area contributed by atoms with Gasteiger partial charge in [-0.1, -0.05) is 13.0 Å². The molecule has 0 saturated heterocycles. The fourth-order valence-electron chi connectivity index (χ4n) is 1.51. The number of halogens is 1. The summed E-state index contributed by atoms with van der Waals surface area (Å²) in [4.78, 5) is 4.32. The lowest BCUT2D eigenvalue weighted by molar-refractivity contribution is 0.661. The van der Waals surface area contributed by atoms with E-state index in [0.717, 1.165) is 25.2 Å². The maximum atomic E-state index is 4.32. The molecule has 0 atom stereocenters. The molecule has 0 fully saturated rings. The predicted octanol–water partition coefficient (Wildman–Crippen LogP) is 2.26. The van der Waals surface area contributed by atoms with Crippen LogP contribution in [0.15, 0.2) is 30.6 Å². The molecule has 0 aliphatic rings. The third-order valence-electron chi connectivity index (χ3n) is 2.23. The van der Waals surface area contributed by atoms with Crippen molar-refractivity contribution in [1.82, 2.24) is 14.7 Å². The van der Waals surface area contributed by atoms with Crippen LogP contribution in [0.1, 0.15) is 19.0 Å². The van der Waals surface area contributed by atoms with Crippen molar-refractivity contribution in [3.8, 4) is 0 Å². The Hall–Kier alpha value is -1.06. The SMILES string of the molecule is CCCNCc1cnc2ccccn12.Cl. The largest absolute Gasteiger partial charge is 0.311 e. The quantitative estimate of drug-likeness (QED) is 0.809. The van der Waals surface area contributed by atoms with Crippen molar-refractivity contribution < 1.29 is 0 Å². The van der Waals surface area contributed by atoms with E-state index in [1.54, 1.807) is 0 Å². The van der Waals surface area contributed by atoms with E-state index >= 15 is 0 Å². The van der Waals surface area contributed by atoms with Gasteiger partial charge in [0, 0.05) is 12.7 Å². The molecular weight excluding hydrogens is 210 g/mol. The standard InChI is InChI=1S/C11H15N3.ClH/c1-2-6-12-8-10-9-13-11-5-3-4-7-14(10)11;/h3-5,7,9,12H,2,6,8H2,1H3;1H. The smallest absolute Gasteiger partial charge is 0.136 e. The van der Waals surface area contributed by atoms with Gasteiger partial charge in [0.2, 0.25) is 0 Å². The molecule has 0 amide bonds. The molecule has 2 aromatic heterocycles. The fourth-order valence-corrected chi connectivity index (χ4v) is 1.51. The maximum Gasteiger partial charge on any atom is 0.136 e. The minimum atomic E-state index is 0. The molecule has 2 aromatic rings. The molecule has 0 radical (unpaired) electrons. The second-order valence-electron chi connectivity index (χ2n) is 3.36. The van der Waals surface area contributed by atoms with Gasteiger partial charge in [-0.3, -0.25) is 0 Å². The molecule has 0 bridgehead atoms. The Morgan fingerprint density at radius 3 is 3.07 bits per heavy atom. The van der Waals surface area contributed by atoms with Crippen molar-refractivity contribution in [1.29, 1.82) is 0 Å². The van der Waals surface area contributed by atoms with Gasteiger partial charge in [0.15, 0.2) is 0 Å². The Morgan fingerprint density at radius 2 is 2.27 bits per heavy atom. The van der Waals surface area contributed by atoms with E-state index in [-0.39, 0.29) is 12.4 Å². The van der Waals surface area contributed by atoms with Crippen LogP contribution in [0.3, 0.4) is 0 Å². The normalized spacial score (nSPS) is 10.2. The Labute approximate surface area is 95.9 Å². The van der Waals surface area contributed by atoms with Gasteiger partial charge in [0.05, 0.1) is 11.9 Å². The number of pyridine rings is 1. The zero-order chi connectivity index (χ0) is 9.80. The minimum absolute atomic E-state index is 0. The van der Waals surface area contributed by atoms with Gasteiger partial charge in [0.1, 0.15) is 5.65 Å². The number of imidazole rings is 1. The van der Waals surface area contributed by atoms with E-state index in [0.29, 0.717) is 0 Å². The van der Waals surface area contributed by atoms with Crippen LogP contribution in [0, 0.1) is 0 Å². The van der Waals surface area contributed by atoms with Crippen molar-refractivity contribution in [2.45, 2.75) is 19.9 Å². The summed E-state index contributed by atoms with van der Waals surface area (Å²) in [6.07, 6.45) is 5.14. The number of rotatable bonds is 4. The van der Waals surface area contributed by atoms with Crippen molar-refractivity contribution in [3.63, 3.8) is 0 Å². The molecule has 0 aliphatic carbocycles. The lowest BCUT2D eigenvalue weighted by Gasteiger charge is -2.02. The van der Waals surface area contributed by atoms with Crippen molar-refractivity contribution in [2.24, 2.45) is 0 Å². The van der Waals surface area contributed by atoms with E-state index in [1.165, 1.54) is 5.69 Å². The molecule has 2 heterocycles. The molecule has 4 heteroatoms. The summed E-state index contributed by atoms with van der Waals surface area (Å²) in [5.41, 5.74) is 2.23. The van der Waals surface area contributed by atoms with Crippen LogP contribution in [0.4, 0.5) is 0 Å². The molecule has 0 spiro atoms. The first-order valence-corrected chi connectivity index (χ1v) is 5.03. The fraction of sp³-hybridized carbons (Fsp3) is 0.364. The van der Waals surface area contributed by atoms with Crippen LogP contribution in [-0.4, -0.2) is 15.9 Å². The number of aromatic nitrogens is 2. The number of hydrogen-bond donors (Lipinski definition) is 1. The van der Waals surface area contributed by atoms with E-state index in [1.807, 2.05) is 30.6 Å². The molecule has 2 rings (SSSR count). The summed E-state index contributed by atoms with van der Waals surface area (Å²) in [6.45, 7) is 4.11. The Balaban J connectivity index is 0.00000112. The van der Waals surface area contributed by atoms with E-state index in [2.05, 4.69) is 21.6 Å². The van der Waals surface area contributed by atoms with E-state index in [4.69, 9.17) is 0 Å². The van der Waals surface area contributed by atoms with Gasteiger partial charge in [-0.25, -0.2) is 4.98 Å². The van der Waals surface area contributed by atoms with Crippen LogP contribution in [0.2, 0.25) is 0 Å². The molecule has 0 aromatic carbocycles. The third kappa shape index (κ3) is 2.70. The molecule has 0 saturated carbocycles. The maximum absolute atomic E-state index is 4.32. The summed E-state index contributed by atoms with van der Waals surface area (Å²) in [5.74, 6) is 0. The molecule has 82 valence electrons. The van der Waals surface area contributed by atoms with Crippen molar-refractivity contribution in [3.05, 3.63) is 36.3 Å². The molecule has 0 aliphatic heterocycles. The molecule has 3 nitrogen and oxygen atoms in total. The highest BCUT2D eigenvalue weighted by Crippen LogP contribution is 2.05. The van der Waals surface area contributed by atoms with Gasteiger partial charge in [-0.05, 0) is 25.1 Å². The molecule has 15 heavy (non-hydrogen) atoms. The Morgan fingerprint density at radius 1 is 1.40 bits per heavy atom. The Kier molecular flexibility index (Phi) is 4.59. The molecule has 0 unspecified atom stereocenters. The highest BCUT2D eigenvalue weighted by Gasteiger charge is 2.00.